The van der Waals surface area contributed by atoms with Crippen LogP contribution in [0.25, 0.3) is 0 Å². The maximum absolute atomic E-state index is 11.8. The number of hydrogen-bond acceptors (Lipinski definition) is 4. The molecule has 0 spiro atoms. The molecule has 2 heterocycles. The molecule has 0 aliphatic heterocycles. The summed E-state index contributed by atoms with van der Waals surface area (Å²) in [4.78, 5) is 33.8. The first-order valence-corrected chi connectivity index (χ1v) is 5.42. The van der Waals surface area contributed by atoms with E-state index in [2.05, 4.69) is 20.3 Å². The first-order valence-electron chi connectivity index (χ1n) is 5.04. The Balaban J connectivity index is 2.22. The van der Waals surface area contributed by atoms with E-state index in [-0.39, 0.29) is 22.0 Å². The number of amides is 1. The van der Waals surface area contributed by atoms with Gasteiger partial charge in [0.1, 0.15) is 10.7 Å². The lowest BCUT2D eigenvalue weighted by Crippen LogP contribution is -2.22. The molecule has 6 nitrogen and oxygen atoms in total. The van der Waals surface area contributed by atoms with Crippen molar-refractivity contribution in [3.05, 3.63) is 51.3 Å². The Kier molecular flexibility index (Phi) is 3.38. The number of rotatable bonds is 2. The van der Waals surface area contributed by atoms with Crippen molar-refractivity contribution >= 4 is 23.3 Å². The molecule has 0 radical (unpaired) electrons. The summed E-state index contributed by atoms with van der Waals surface area (Å²) in [6.45, 7) is 1.73. The third kappa shape index (κ3) is 2.72. The summed E-state index contributed by atoms with van der Waals surface area (Å²) in [5.41, 5.74) is 0.339. The minimum Gasteiger partial charge on any atom is -0.364 e. The van der Waals surface area contributed by atoms with Gasteiger partial charge in [-0.3, -0.25) is 9.59 Å². The second kappa shape index (κ2) is 4.97. The van der Waals surface area contributed by atoms with Gasteiger partial charge in [-0.05, 0) is 6.92 Å². The smallest absolute Gasteiger partial charge is 0.262 e. The fourth-order valence-electron chi connectivity index (χ4n) is 1.31. The standard InChI is InChI=1S/C11H9ClN4O2/c1-6-2-8(17)7(3-13-6)11(18)16-10-5-14-9(12)4-15-10/h2-5H,1H3,(H,13,17)(H,15,16,18). The fraction of sp³-hybridized carbons (Fsp3) is 0.0909. The quantitative estimate of drug-likeness (QED) is 0.858. The zero-order chi connectivity index (χ0) is 13.1. The fourth-order valence-corrected chi connectivity index (χ4v) is 1.41. The van der Waals surface area contributed by atoms with E-state index in [4.69, 9.17) is 11.6 Å². The number of nitrogens with zero attached hydrogens (tertiary/aromatic N) is 2. The molecule has 2 aromatic heterocycles. The molecule has 0 atom stereocenters. The Bertz CT molecular complexity index is 636. The summed E-state index contributed by atoms with van der Waals surface area (Å²) >= 11 is 5.57. The van der Waals surface area contributed by atoms with Crippen LogP contribution >= 0.6 is 11.6 Å². The highest BCUT2D eigenvalue weighted by Crippen LogP contribution is 2.06. The molecule has 2 aromatic rings. The van der Waals surface area contributed by atoms with Gasteiger partial charge in [-0.15, -0.1) is 0 Å². The molecule has 0 aliphatic rings. The molecule has 18 heavy (non-hydrogen) atoms. The highest BCUT2D eigenvalue weighted by Gasteiger charge is 2.11. The molecule has 0 saturated carbocycles. The lowest BCUT2D eigenvalue weighted by Gasteiger charge is -2.03. The van der Waals surface area contributed by atoms with Crippen molar-refractivity contribution in [1.29, 1.82) is 0 Å². The largest absolute Gasteiger partial charge is 0.364 e. The van der Waals surface area contributed by atoms with Crippen LogP contribution in [0.15, 0.2) is 29.5 Å². The molecule has 0 unspecified atom stereocenters. The maximum Gasteiger partial charge on any atom is 0.262 e. The monoisotopic (exact) mass is 264 g/mol. The highest BCUT2D eigenvalue weighted by atomic mass is 35.5. The SMILES string of the molecule is Cc1cc(=O)c(C(=O)Nc2cnc(Cl)cn2)c[nH]1. The molecule has 7 heteroatoms. The summed E-state index contributed by atoms with van der Waals surface area (Å²) in [6.07, 6.45) is 3.97. The average Bonchev–Trinajstić information content (AvgIpc) is 2.32. The lowest BCUT2D eigenvalue weighted by atomic mass is 10.2. The van der Waals surface area contributed by atoms with E-state index >= 15 is 0 Å². The molecule has 1 amide bonds. The van der Waals surface area contributed by atoms with Crippen molar-refractivity contribution in [2.24, 2.45) is 0 Å². The number of nitrogens with one attached hydrogen (secondary N) is 2. The van der Waals surface area contributed by atoms with Gasteiger partial charge >= 0.3 is 0 Å². The predicted octanol–water partition coefficient (Wildman–Crippen LogP) is 1.38. The van der Waals surface area contributed by atoms with Gasteiger partial charge in [0.05, 0.1) is 12.4 Å². The van der Waals surface area contributed by atoms with Gasteiger partial charge in [-0.1, -0.05) is 11.6 Å². The normalized spacial score (nSPS) is 10.1. The Morgan fingerprint density at radius 3 is 2.78 bits per heavy atom. The Hall–Kier alpha value is -2.21. The Morgan fingerprint density at radius 1 is 1.39 bits per heavy atom. The number of aromatic amines is 1. The Morgan fingerprint density at radius 2 is 2.17 bits per heavy atom. The molecular formula is C11H9ClN4O2. The summed E-state index contributed by atoms with van der Waals surface area (Å²) in [7, 11) is 0. The average molecular weight is 265 g/mol. The van der Waals surface area contributed by atoms with E-state index < -0.39 is 5.91 Å². The molecule has 92 valence electrons. The number of carbonyl (C=O) groups is 1. The predicted molar refractivity (Wildman–Crippen MR) is 66.8 cm³/mol. The second-order valence-corrected chi connectivity index (χ2v) is 3.96. The first kappa shape index (κ1) is 12.3. The van der Waals surface area contributed by atoms with Crippen molar-refractivity contribution in [3.63, 3.8) is 0 Å². The molecule has 2 rings (SSSR count). The van der Waals surface area contributed by atoms with Crippen molar-refractivity contribution < 1.29 is 4.79 Å². The Labute approximate surface area is 107 Å². The zero-order valence-corrected chi connectivity index (χ0v) is 10.2. The molecule has 0 saturated heterocycles. The zero-order valence-electron chi connectivity index (χ0n) is 9.40. The van der Waals surface area contributed by atoms with Crippen LogP contribution in [0.4, 0.5) is 5.82 Å². The van der Waals surface area contributed by atoms with Crippen LogP contribution in [0.2, 0.25) is 5.15 Å². The van der Waals surface area contributed by atoms with Gasteiger partial charge in [-0.25, -0.2) is 9.97 Å². The summed E-state index contributed by atoms with van der Waals surface area (Å²) in [6, 6.07) is 1.35. The second-order valence-electron chi connectivity index (χ2n) is 3.57. The van der Waals surface area contributed by atoms with E-state index in [0.29, 0.717) is 5.69 Å². The highest BCUT2D eigenvalue weighted by molar-refractivity contribution is 6.29. The number of hydrogen-bond donors (Lipinski definition) is 2. The van der Waals surface area contributed by atoms with E-state index in [1.54, 1.807) is 6.92 Å². The number of anilines is 1. The molecule has 0 fully saturated rings. The van der Waals surface area contributed by atoms with Crippen molar-refractivity contribution in [2.45, 2.75) is 6.92 Å². The van der Waals surface area contributed by atoms with E-state index in [9.17, 15) is 9.59 Å². The first-order chi connectivity index (χ1) is 8.56. The molecule has 0 bridgehead atoms. The number of pyridine rings is 1. The summed E-state index contributed by atoms with van der Waals surface area (Å²) in [5, 5.41) is 2.68. The van der Waals surface area contributed by atoms with Crippen LogP contribution in [0.5, 0.6) is 0 Å². The summed E-state index contributed by atoms with van der Waals surface area (Å²) < 4.78 is 0. The van der Waals surface area contributed by atoms with Crippen LogP contribution in [0.1, 0.15) is 16.1 Å². The van der Waals surface area contributed by atoms with Crippen molar-refractivity contribution in [1.82, 2.24) is 15.0 Å². The van der Waals surface area contributed by atoms with Crippen molar-refractivity contribution in [3.8, 4) is 0 Å². The van der Waals surface area contributed by atoms with Crippen LogP contribution < -0.4 is 10.7 Å². The summed E-state index contributed by atoms with van der Waals surface area (Å²) in [5.74, 6) is -0.322. The number of H-pyrrole nitrogens is 1. The molecule has 2 N–H and O–H groups in total. The van der Waals surface area contributed by atoms with Gasteiger partial charge in [0, 0.05) is 18.0 Å². The number of aryl methyl sites for hydroxylation is 1. The van der Waals surface area contributed by atoms with E-state index in [1.165, 1.54) is 24.7 Å². The van der Waals surface area contributed by atoms with Gasteiger partial charge < -0.3 is 10.3 Å². The van der Waals surface area contributed by atoms with Crippen LogP contribution in [0, 0.1) is 6.92 Å². The third-order valence-corrected chi connectivity index (χ3v) is 2.36. The van der Waals surface area contributed by atoms with E-state index in [0.717, 1.165) is 0 Å². The maximum atomic E-state index is 11.8. The lowest BCUT2D eigenvalue weighted by molar-refractivity contribution is 0.102. The number of carbonyl (C=O) groups excluding carboxylic acids is 1. The molecule has 0 aromatic carbocycles. The molecule has 0 aliphatic carbocycles. The van der Waals surface area contributed by atoms with Gasteiger partial charge in [0.15, 0.2) is 11.2 Å². The number of aromatic nitrogens is 3. The van der Waals surface area contributed by atoms with E-state index in [1.807, 2.05) is 0 Å². The van der Waals surface area contributed by atoms with Gasteiger partial charge in [0.2, 0.25) is 0 Å². The number of halogens is 1. The van der Waals surface area contributed by atoms with Crippen molar-refractivity contribution in [2.75, 3.05) is 5.32 Å². The van der Waals surface area contributed by atoms with Gasteiger partial charge in [0.25, 0.3) is 5.91 Å². The minimum atomic E-state index is -0.548. The topological polar surface area (TPSA) is 87.7 Å². The minimum absolute atomic E-state index is 0.0114. The van der Waals surface area contributed by atoms with Crippen LogP contribution in [0.3, 0.4) is 0 Å². The third-order valence-electron chi connectivity index (χ3n) is 2.16. The van der Waals surface area contributed by atoms with Crippen LogP contribution in [-0.4, -0.2) is 20.9 Å². The van der Waals surface area contributed by atoms with Gasteiger partial charge in [-0.2, -0.15) is 0 Å². The molecular weight excluding hydrogens is 256 g/mol. The van der Waals surface area contributed by atoms with Crippen LogP contribution in [-0.2, 0) is 0 Å².